The smallest absolute Gasteiger partial charge is 0.257 e. The molecule has 1 atom stereocenters. The zero-order valence-electron chi connectivity index (χ0n) is 20.2. The number of carbonyl (C=O) groups excluding carboxylic acids is 1. The van der Waals surface area contributed by atoms with Gasteiger partial charge in [-0.25, -0.2) is 14.6 Å². The van der Waals surface area contributed by atoms with Crippen LogP contribution >= 0.6 is 0 Å². The van der Waals surface area contributed by atoms with Crippen molar-refractivity contribution in [3.05, 3.63) is 60.0 Å². The molecule has 2 aromatic rings. The van der Waals surface area contributed by atoms with Crippen molar-refractivity contribution < 1.29 is 9.21 Å². The molecule has 4 aliphatic rings. The Morgan fingerprint density at radius 1 is 1.09 bits per heavy atom. The molecule has 1 unspecified atom stereocenters. The van der Waals surface area contributed by atoms with Crippen LogP contribution in [0.1, 0.15) is 55.1 Å². The van der Waals surface area contributed by atoms with Crippen LogP contribution in [0.3, 0.4) is 0 Å². The number of fused-ring (bicyclic) bond motifs is 1. The van der Waals surface area contributed by atoms with E-state index >= 15 is 0 Å². The number of amides is 1. The highest BCUT2D eigenvalue weighted by molar-refractivity contribution is 5.95. The molecule has 0 N–H and O–H groups in total. The first-order chi connectivity index (χ1) is 17.2. The predicted molar refractivity (Wildman–Crippen MR) is 133 cm³/mol. The van der Waals surface area contributed by atoms with Crippen molar-refractivity contribution in [2.75, 3.05) is 26.2 Å². The average molecular weight is 471 g/mol. The first-order valence-corrected chi connectivity index (χ1v) is 12.6. The fourth-order valence-corrected chi connectivity index (χ4v) is 5.26. The summed E-state index contributed by atoms with van der Waals surface area (Å²) in [6.07, 6.45) is 6.55. The number of carbonyl (C=O) groups is 1. The predicted octanol–water partition coefficient (Wildman–Crippen LogP) is 4.46. The Bertz CT molecular complexity index is 1320. The van der Waals surface area contributed by atoms with Crippen molar-refractivity contribution >= 4 is 5.91 Å². The summed E-state index contributed by atoms with van der Waals surface area (Å²) < 4.78 is 7.80. The van der Waals surface area contributed by atoms with E-state index in [4.69, 9.17) is 9.40 Å². The Balaban J connectivity index is 1.31. The van der Waals surface area contributed by atoms with Gasteiger partial charge in [0.15, 0.2) is 5.76 Å². The lowest BCUT2D eigenvalue weighted by Crippen LogP contribution is -2.38. The molecular formula is C27H30N6O2. The molecule has 6 rings (SSSR count). The topological polar surface area (TPSA) is 80.3 Å². The number of likely N-dealkylation sites (tertiary alicyclic amines) is 1. The molecule has 0 spiro atoms. The Morgan fingerprint density at radius 3 is 2.74 bits per heavy atom. The molecule has 0 bridgehead atoms. The third-order valence-electron chi connectivity index (χ3n) is 7.31. The molecule has 2 aliphatic carbocycles. The number of hydrogen-bond donors (Lipinski definition) is 0. The number of nitrogens with zero attached hydrogens (tertiary/aromatic N) is 6. The van der Waals surface area contributed by atoms with Gasteiger partial charge in [-0.05, 0) is 56.6 Å². The molecule has 2 fully saturated rings. The molecule has 8 heteroatoms. The van der Waals surface area contributed by atoms with E-state index in [1.165, 1.54) is 0 Å². The van der Waals surface area contributed by atoms with Gasteiger partial charge in [0.2, 0.25) is 0 Å². The minimum Gasteiger partial charge on any atom is -0.454 e. The van der Waals surface area contributed by atoms with E-state index in [-0.39, 0.29) is 5.91 Å². The van der Waals surface area contributed by atoms with Crippen molar-refractivity contribution in [2.45, 2.75) is 45.1 Å². The molecule has 1 saturated heterocycles. The van der Waals surface area contributed by atoms with E-state index in [2.05, 4.69) is 28.8 Å². The van der Waals surface area contributed by atoms with Crippen LogP contribution in [0.2, 0.25) is 0 Å². The van der Waals surface area contributed by atoms with E-state index in [1.54, 1.807) is 17.1 Å². The number of hydrogen-bond acceptors (Lipinski definition) is 6. The van der Waals surface area contributed by atoms with Gasteiger partial charge in [-0.1, -0.05) is 26.0 Å². The van der Waals surface area contributed by atoms with Crippen LogP contribution in [0.4, 0.5) is 0 Å². The van der Waals surface area contributed by atoms with Gasteiger partial charge in [0.05, 0.1) is 17.5 Å². The quantitative estimate of drug-likeness (QED) is 0.397. The maximum Gasteiger partial charge on any atom is 0.257 e. The lowest BCUT2D eigenvalue weighted by atomic mass is 10.1. The van der Waals surface area contributed by atoms with Gasteiger partial charge in [0, 0.05) is 36.8 Å². The van der Waals surface area contributed by atoms with Gasteiger partial charge in [0.25, 0.3) is 11.9 Å². The second-order valence-electron chi connectivity index (χ2n) is 9.43. The first-order valence-electron chi connectivity index (χ1n) is 12.6. The van der Waals surface area contributed by atoms with Gasteiger partial charge < -0.3 is 9.32 Å². The molecular weight excluding hydrogens is 440 g/mol. The van der Waals surface area contributed by atoms with Gasteiger partial charge >= 0.3 is 0 Å². The zero-order valence-corrected chi connectivity index (χ0v) is 20.2. The van der Waals surface area contributed by atoms with Gasteiger partial charge in [-0.15, -0.1) is 0 Å². The van der Waals surface area contributed by atoms with Crippen molar-refractivity contribution in [3.8, 4) is 28.7 Å². The van der Waals surface area contributed by atoms with E-state index in [0.717, 1.165) is 62.5 Å². The minimum atomic E-state index is 0.0700. The fourth-order valence-electron chi connectivity index (χ4n) is 5.26. The summed E-state index contributed by atoms with van der Waals surface area (Å²) in [4.78, 5) is 27.3. The molecule has 1 saturated carbocycles. The van der Waals surface area contributed by atoms with E-state index in [9.17, 15) is 4.79 Å². The number of rotatable bonds is 7. The fraction of sp³-hybridized carbons (Fsp3) is 0.407. The highest BCUT2D eigenvalue weighted by atomic mass is 16.3. The zero-order chi connectivity index (χ0) is 23.9. The SMILES string of the molecule is CCN(CC)C1CCN(C(=O)c2cnn(-c3nccc(-c4ccc5cccc-5o4)n3)c2C2CC2)C1. The number of aromatic nitrogens is 4. The summed E-state index contributed by atoms with van der Waals surface area (Å²) in [6, 6.07) is 12.1. The molecule has 180 valence electrons. The Labute approximate surface area is 204 Å². The lowest BCUT2D eigenvalue weighted by molar-refractivity contribution is 0.0776. The van der Waals surface area contributed by atoms with Gasteiger partial charge in [-0.3, -0.25) is 9.69 Å². The molecule has 2 aliphatic heterocycles. The van der Waals surface area contributed by atoms with Crippen LogP contribution in [0.5, 0.6) is 0 Å². The summed E-state index contributed by atoms with van der Waals surface area (Å²) in [5.41, 5.74) is 3.36. The monoisotopic (exact) mass is 470 g/mol. The maximum absolute atomic E-state index is 13.6. The van der Waals surface area contributed by atoms with Crippen molar-refractivity contribution in [1.29, 1.82) is 0 Å². The third-order valence-corrected chi connectivity index (χ3v) is 7.31. The summed E-state index contributed by atoms with van der Waals surface area (Å²) >= 11 is 0. The highest BCUT2D eigenvalue weighted by Gasteiger charge is 2.37. The highest BCUT2D eigenvalue weighted by Crippen LogP contribution is 2.42. The van der Waals surface area contributed by atoms with Crippen LogP contribution < -0.4 is 0 Å². The lowest BCUT2D eigenvalue weighted by Gasteiger charge is -2.26. The second kappa shape index (κ2) is 8.92. The van der Waals surface area contributed by atoms with Crippen molar-refractivity contribution in [2.24, 2.45) is 0 Å². The molecule has 2 aromatic heterocycles. The van der Waals surface area contributed by atoms with E-state index in [1.807, 2.05) is 41.3 Å². The molecule has 1 amide bonds. The Hall–Kier alpha value is -3.52. The summed E-state index contributed by atoms with van der Waals surface area (Å²) in [5, 5.41) is 4.61. The van der Waals surface area contributed by atoms with Crippen LogP contribution in [-0.4, -0.2) is 67.7 Å². The van der Waals surface area contributed by atoms with Crippen LogP contribution in [0.25, 0.3) is 28.7 Å². The van der Waals surface area contributed by atoms with Crippen LogP contribution in [0.15, 0.2) is 53.2 Å². The minimum absolute atomic E-state index is 0.0700. The average Bonchev–Trinajstić information content (AvgIpc) is 3.28. The van der Waals surface area contributed by atoms with Crippen LogP contribution in [-0.2, 0) is 0 Å². The normalized spacial score (nSPS) is 18.1. The Kier molecular flexibility index (Phi) is 5.60. The van der Waals surface area contributed by atoms with Crippen LogP contribution in [0, 0.1) is 0 Å². The summed E-state index contributed by atoms with van der Waals surface area (Å²) in [6.45, 7) is 7.94. The third kappa shape index (κ3) is 4.01. The summed E-state index contributed by atoms with van der Waals surface area (Å²) in [5.74, 6) is 2.34. The molecule has 8 nitrogen and oxygen atoms in total. The molecule has 0 aromatic carbocycles. The van der Waals surface area contributed by atoms with E-state index < -0.39 is 0 Å². The van der Waals surface area contributed by atoms with E-state index in [0.29, 0.717) is 34.9 Å². The van der Waals surface area contributed by atoms with Crippen molar-refractivity contribution in [3.63, 3.8) is 0 Å². The molecule has 4 heterocycles. The van der Waals surface area contributed by atoms with Gasteiger partial charge in [0.1, 0.15) is 11.5 Å². The Morgan fingerprint density at radius 2 is 1.94 bits per heavy atom. The number of likely N-dealkylation sites (N-methyl/N-ethyl adjacent to an activating group) is 1. The maximum atomic E-state index is 13.6. The van der Waals surface area contributed by atoms with Crippen molar-refractivity contribution in [1.82, 2.24) is 29.5 Å². The second-order valence-corrected chi connectivity index (χ2v) is 9.43. The summed E-state index contributed by atoms with van der Waals surface area (Å²) in [7, 11) is 0. The molecule has 0 radical (unpaired) electrons. The standard InChI is InChI=1S/C27H30N6O2/c1-3-31(4-2)20-13-15-32(17-20)26(34)21-16-29-33(25(21)19-8-9-19)27-28-14-12-22(30-27)24-11-10-18-6-5-7-23(18)35-24/h5-7,10-12,14,16,19-20H,3-4,8-9,13,15,17H2,1-2H3. The largest absolute Gasteiger partial charge is 0.454 e. The van der Waals surface area contributed by atoms with Gasteiger partial charge in [-0.2, -0.15) is 5.10 Å². The first kappa shape index (κ1) is 22.0. The molecule has 35 heavy (non-hydrogen) atoms.